The number of benzene rings is 3. The van der Waals surface area contributed by atoms with E-state index in [1.165, 1.54) is 10.1 Å². The van der Waals surface area contributed by atoms with Crippen LogP contribution in [0.1, 0.15) is 0 Å². The Balaban J connectivity index is 1.78. The number of rotatable bonds is 4. The maximum absolute atomic E-state index is 3.56. The van der Waals surface area contributed by atoms with E-state index in [4.69, 9.17) is 0 Å². The zero-order valence-electron chi connectivity index (χ0n) is 12.5. The normalized spacial score (nSPS) is 10.6. The SMILES string of the molecule is c1ccc(Nc2sc3ccccc3c2Nc2ccccc2)cc1. The van der Waals surface area contributed by atoms with Crippen molar-refractivity contribution >= 4 is 43.5 Å². The molecule has 1 aromatic heterocycles. The van der Waals surface area contributed by atoms with E-state index in [1.54, 1.807) is 11.3 Å². The average molecular weight is 316 g/mol. The second-order valence-corrected chi connectivity index (χ2v) is 6.34. The van der Waals surface area contributed by atoms with E-state index in [0.29, 0.717) is 0 Å². The van der Waals surface area contributed by atoms with Gasteiger partial charge < -0.3 is 10.6 Å². The third-order valence-electron chi connectivity index (χ3n) is 3.67. The summed E-state index contributed by atoms with van der Waals surface area (Å²) in [5, 5.41) is 9.46. The molecule has 2 N–H and O–H groups in total. The minimum Gasteiger partial charge on any atom is -0.353 e. The van der Waals surface area contributed by atoms with Crippen molar-refractivity contribution in [2.75, 3.05) is 10.6 Å². The van der Waals surface area contributed by atoms with E-state index in [9.17, 15) is 0 Å². The Bertz CT molecular complexity index is 914. The number of hydrogen-bond donors (Lipinski definition) is 2. The number of anilines is 4. The lowest BCUT2D eigenvalue weighted by molar-refractivity contribution is 1.57. The van der Waals surface area contributed by atoms with Crippen LogP contribution in [0.3, 0.4) is 0 Å². The maximum atomic E-state index is 3.56. The smallest absolute Gasteiger partial charge is 0.118 e. The van der Waals surface area contributed by atoms with Crippen LogP contribution >= 0.6 is 11.3 Å². The number of para-hydroxylation sites is 2. The van der Waals surface area contributed by atoms with E-state index in [-0.39, 0.29) is 0 Å². The van der Waals surface area contributed by atoms with Crippen molar-refractivity contribution in [1.29, 1.82) is 0 Å². The minimum absolute atomic E-state index is 1.09. The molecule has 0 bridgehead atoms. The highest BCUT2D eigenvalue weighted by Gasteiger charge is 2.12. The quantitative estimate of drug-likeness (QED) is 0.456. The molecule has 3 heteroatoms. The summed E-state index contributed by atoms with van der Waals surface area (Å²) >= 11 is 1.76. The van der Waals surface area contributed by atoms with Crippen molar-refractivity contribution < 1.29 is 0 Å². The molecule has 0 saturated carbocycles. The first-order valence-corrected chi connectivity index (χ1v) is 8.37. The lowest BCUT2D eigenvalue weighted by Crippen LogP contribution is -1.94. The van der Waals surface area contributed by atoms with Crippen molar-refractivity contribution in [3.05, 3.63) is 84.9 Å². The molecule has 23 heavy (non-hydrogen) atoms. The number of nitrogens with one attached hydrogen (secondary N) is 2. The fourth-order valence-electron chi connectivity index (χ4n) is 2.58. The Hall–Kier alpha value is -2.78. The summed E-state index contributed by atoms with van der Waals surface area (Å²) < 4.78 is 1.27. The van der Waals surface area contributed by atoms with Crippen LogP contribution in [0.25, 0.3) is 10.1 Å². The number of fused-ring (bicyclic) bond motifs is 1. The van der Waals surface area contributed by atoms with Gasteiger partial charge >= 0.3 is 0 Å². The van der Waals surface area contributed by atoms with Gasteiger partial charge in [-0.3, -0.25) is 0 Å². The summed E-state index contributed by atoms with van der Waals surface area (Å²) in [6.07, 6.45) is 0. The molecule has 0 aliphatic rings. The van der Waals surface area contributed by atoms with Gasteiger partial charge in [0, 0.05) is 21.5 Å². The Morgan fingerprint density at radius 2 is 1.13 bits per heavy atom. The van der Waals surface area contributed by atoms with E-state index >= 15 is 0 Å². The predicted molar refractivity (Wildman–Crippen MR) is 101 cm³/mol. The van der Waals surface area contributed by atoms with Crippen molar-refractivity contribution in [3.8, 4) is 0 Å². The Morgan fingerprint density at radius 1 is 0.565 bits per heavy atom. The monoisotopic (exact) mass is 316 g/mol. The van der Waals surface area contributed by atoms with Crippen LogP contribution in [0.4, 0.5) is 22.1 Å². The summed E-state index contributed by atoms with van der Waals surface area (Å²) in [7, 11) is 0. The molecule has 0 atom stereocenters. The molecule has 3 aromatic carbocycles. The van der Waals surface area contributed by atoms with Gasteiger partial charge in [0.15, 0.2) is 0 Å². The first-order valence-electron chi connectivity index (χ1n) is 7.56. The van der Waals surface area contributed by atoms with Crippen molar-refractivity contribution in [2.24, 2.45) is 0 Å². The van der Waals surface area contributed by atoms with E-state index in [2.05, 4.69) is 59.2 Å². The molecule has 0 saturated heterocycles. The van der Waals surface area contributed by atoms with Crippen LogP contribution in [-0.2, 0) is 0 Å². The van der Waals surface area contributed by atoms with Crippen molar-refractivity contribution in [2.45, 2.75) is 0 Å². The average Bonchev–Trinajstić information content (AvgIpc) is 2.94. The highest BCUT2D eigenvalue weighted by atomic mass is 32.1. The molecule has 0 aliphatic heterocycles. The number of thiophene rings is 1. The van der Waals surface area contributed by atoms with Gasteiger partial charge in [-0.2, -0.15) is 0 Å². The maximum Gasteiger partial charge on any atom is 0.118 e. The van der Waals surface area contributed by atoms with Crippen molar-refractivity contribution in [3.63, 3.8) is 0 Å². The molecule has 0 spiro atoms. The molecule has 0 aliphatic carbocycles. The fourth-order valence-corrected chi connectivity index (χ4v) is 3.65. The fraction of sp³-hybridized carbons (Fsp3) is 0. The Kier molecular flexibility index (Phi) is 3.70. The largest absolute Gasteiger partial charge is 0.353 e. The van der Waals surface area contributed by atoms with Gasteiger partial charge in [0.1, 0.15) is 5.00 Å². The van der Waals surface area contributed by atoms with Gasteiger partial charge in [0.25, 0.3) is 0 Å². The van der Waals surface area contributed by atoms with E-state index in [0.717, 1.165) is 22.1 Å². The highest BCUT2D eigenvalue weighted by molar-refractivity contribution is 7.23. The minimum atomic E-state index is 1.09. The first-order chi connectivity index (χ1) is 11.4. The van der Waals surface area contributed by atoms with Crippen LogP contribution in [0.15, 0.2) is 84.9 Å². The Labute approximate surface area is 139 Å². The Morgan fingerprint density at radius 3 is 1.83 bits per heavy atom. The third-order valence-corrected chi connectivity index (χ3v) is 4.76. The molecule has 0 fully saturated rings. The number of hydrogen-bond acceptors (Lipinski definition) is 3. The molecule has 4 rings (SSSR count). The van der Waals surface area contributed by atoms with Crippen LogP contribution in [0.5, 0.6) is 0 Å². The van der Waals surface area contributed by atoms with Gasteiger partial charge in [-0.1, -0.05) is 54.6 Å². The summed E-state index contributed by atoms with van der Waals surface area (Å²) in [5.41, 5.74) is 3.31. The zero-order valence-corrected chi connectivity index (χ0v) is 13.3. The van der Waals surface area contributed by atoms with Gasteiger partial charge in [-0.25, -0.2) is 0 Å². The van der Waals surface area contributed by atoms with Gasteiger partial charge in [-0.15, -0.1) is 11.3 Å². The molecule has 2 nitrogen and oxygen atoms in total. The topological polar surface area (TPSA) is 24.1 Å². The second-order valence-electron chi connectivity index (χ2n) is 5.28. The van der Waals surface area contributed by atoms with Crippen LogP contribution < -0.4 is 10.6 Å². The lowest BCUT2D eigenvalue weighted by Gasteiger charge is -2.10. The summed E-state index contributed by atoms with van der Waals surface area (Å²) in [5.74, 6) is 0. The zero-order chi connectivity index (χ0) is 15.5. The van der Waals surface area contributed by atoms with Gasteiger partial charge in [0.05, 0.1) is 5.69 Å². The standard InChI is InChI=1S/C20H16N2S/c1-3-9-15(10-4-1)21-19-17-13-7-8-14-18(17)23-20(19)22-16-11-5-2-6-12-16/h1-14,21-22H. The van der Waals surface area contributed by atoms with Gasteiger partial charge in [-0.05, 0) is 30.3 Å². The highest BCUT2D eigenvalue weighted by Crippen LogP contribution is 2.42. The van der Waals surface area contributed by atoms with E-state index in [1.807, 2.05) is 36.4 Å². The predicted octanol–water partition coefficient (Wildman–Crippen LogP) is 6.39. The van der Waals surface area contributed by atoms with E-state index < -0.39 is 0 Å². The summed E-state index contributed by atoms with van der Waals surface area (Å²) in [4.78, 5) is 0. The van der Waals surface area contributed by atoms with Crippen LogP contribution in [0.2, 0.25) is 0 Å². The second kappa shape index (κ2) is 6.15. The molecule has 1 heterocycles. The summed E-state index contributed by atoms with van der Waals surface area (Å²) in [6.45, 7) is 0. The molecule has 0 radical (unpaired) electrons. The first kappa shape index (κ1) is 13.9. The van der Waals surface area contributed by atoms with Crippen molar-refractivity contribution in [1.82, 2.24) is 0 Å². The molecule has 0 unspecified atom stereocenters. The molecule has 4 aromatic rings. The van der Waals surface area contributed by atoms with Crippen LogP contribution in [-0.4, -0.2) is 0 Å². The molecular weight excluding hydrogens is 300 g/mol. The van der Waals surface area contributed by atoms with Gasteiger partial charge in [0.2, 0.25) is 0 Å². The molecule has 112 valence electrons. The lowest BCUT2D eigenvalue weighted by atomic mass is 10.2. The molecular formula is C20H16N2S. The van der Waals surface area contributed by atoms with Crippen LogP contribution in [0, 0.1) is 0 Å². The summed E-state index contributed by atoms with van der Waals surface area (Å²) in [6, 6.07) is 29.0. The third kappa shape index (κ3) is 2.91. The molecule has 0 amide bonds.